The monoisotopic (exact) mass is 532 g/mol. The summed E-state index contributed by atoms with van der Waals surface area (Å²) >= 11 is 0. The molecule has 0 fully saturated rings. The maximum Gasteiger partial charge on any atom is 0.159 e. The number of nitrogens with zero attached hydrogens (tertiary/aromatic N) is 2. The highest BCUT2D eigenvalue weighted by molar-refractivity contribution is 5.64. The summed E-state index contributed by atoms with van der Waals surface area (Å²) < 4.78 is 19.6. The average Bonchev–Trinajstić information content (AvgIpc) is 2.98. The maximum absolute atomic E-state index is 14.0. The van der Waals surface area contributed by atoms with Crippen LogP contribution in [0.1, 0.15) is 109 Å². The fourth-order valence-corrected chi connectivity index (χ4v) is 4.89. The van der Waals surface area contributed by atoms with E-state index in [-0.39, 0.29) is 6.61 Å². The third-order valence-corrected chi connectivity index (χ3v) is 7.42. The van der Waals surface area contributed by atoms with E-state index in [1.54, 1.807) is 0 Å². The summed E-state index contributed by atoms with van der Waals surface area (Å²) in [6.45, 7) is 4.51. The van der Waals surface area contributed by atoms with E-state index in [4.69, 9.17) is 4.74 Å². The molecule has 2 aromatic carbocycles. The molecular formula is C35H49FN2O. The maximum atomic E-state index is 14.0. The lowest BCUT2D eigenvalue weighted by molar-refractivity contribution is 0.184. The number of rotatable bonds is 20. The highest BCUT2D eigenvalue weighted by Crippen LogP contribution is 2.23. The second kappa shape index (κ2) is 18.5. The molecule has 4 heteroatoms. The summed E-state index contributed by atoms with van der Waals surface area (Å²) in [7, 11) is 0. The highest BCUT2D eigenvalue weighted by atomic mass is 19.1. The lowest BCUT2D eigenvalue weighted by Crippen LogP contribution is -2.12. The van der Waals surface area contributed by atoms with Gasteiger partial charge in [-0.1, -0.05) is 115 Å². The van der Waals surface area contributed by atoms with Gasteiger partial charge in [0, 0.05) is 23.5 Å². The molecule has 1 heterocycles. The quantitative estimate of drug-likeness (QED) is 0.136. The zero-order chi connectivity index (χ0) is 27.5. The fraction of sp³-hybridized carbons (Fsp3) is 0.543. The van der Waals surface area contributed by atoms with Crippen molar-refractivity contribution in [1.29, 1.82) is 0 Å². The van der Waals surface area contributed by atoms with Gasteiger partial charge < -0.3 is 4.74 Å². The van der Waals surface area contributed by atoms with Gasteiger partial charge in [0.1, 0.15) is 18.5 Å². The third kappa shape index (κ3) is 11.9. The van der Waals surface area contributed by atoms with Gasteiger partial charge in [0.25, 0.3) is 0 Å². The fourth-order valence-electron chi connectivity index (χ4n) is 4.89. The molecule has 0 radical (unpaired) electrons. The Morgan fingerprint density at radius 2 is 1.15 bits per heavy atom. The Balaban J connectivity index is 1.38. The first kappa shape index (κ1) is 30.8. The largest absolute Gasteiger partial charge is 0.491 e. The molecule has 0 N–H and O–H groups in total. The molecule has 1 unspecified atom stereocenters. The molecule has 0 saturated heterocycles. The molecule has 0 aliphatic rings. The molecule has 0 bridgehead atoms. The molecule has 3 nitrogen and oxygen atoms in total. The van der Waals surface area contributed by atoms with Crippen LogP contribution in [0.4, 0.5) is 4.39 Å². The summed E-state index contributed by atoms with van der Waals surface area (Å²) in [5, 5.41) is 0. The lowest BCUT2D eigenvalue weighted by Gasteiger charge is -2.11. The van der Waals surface area contributed by atoms with Crippen LogP contribution < -0.4 is 4.74 Å². The normalized spacial score (nSPS) is 12.0. The molecular weight excluding hydrogens is 483 g/mol. The standard InChI is InChI=1S/C35H49FN2O/c1-3-5-7-8-9-10-11-12-13-15-16-29-18-20-30(21-19-29)32-26-37-35(38-27-32)31-22-24-34(25-23-31)39-28-33(36)17-14-6-4-2/h18-27,33H,3-17,28H2,1-2H3. The molecule has 0 saturated carbocycles. The molecule has 212 valence electrons. The van der Waals surface area contributed by atoms with E-state index in [2.05, 4.69) is 48.1 Å². The number of ether oxygens (including phenoxy) is 1. The highest BCUT2D eigenvalue weighted by Gasteiger charge is 2.08. The summed E-state index contributed by atoms with van der Waals surface area (Å²) in [5.41, 5.74) is 4.47. The molecule has 3 rings (SSSR count). The molecule has 0 aliphatic heterocycles. The first-order valence-corrected chi connectivity index (χ1v) is 15.5. The van der Waals surface area contributed by atoms with Crippen molar-refractivity contribution in [3.05, 3.63) is 66.5 Å². The van der Waals surface area contributed by atoms with Gasteiger partial charge in [-0.15, -0.1) is 0 Å². The number of halogens is 1. The third-order valence-electron chi connectivity index (χ3n) is 7.42. The number of aromatic nitrogens is 2. The van der Waals surface area contributed by atoms with Crippen LogP contribution in [0.3, 0.4) is 0 Å². The minimum Gasteiger partial charge on any atom is -0.491 e. The van der Waals surface area contributed by atoms with Crippen molar-refractivity contribution in [1.82, 2.24) is 9.97 Å². The molecule has 0 spiro atoms. The number of alkyl halides is 1. The number of hydrogen-bond acceptors (Lipinski definition) is 3. The van der Waals surface area contributed by atoms with E-state index in [1.165, 1.54) is 69.8 Å². The van der Waals surface area contributed by atoms with Crippen molar-refractivity contribution in [2.75, 3.05) is 6.61 Å². The van der Waals surface area contributed by atoms with Crippen LogP contribution in [0, 0.1) is 0 Å². The minimum atomic E-state index is -0.916. The van der Waals surface area contributed by atoms with Crippen LogP contribution >= 0.6 is 0 Å². The van der Waals surface area contributed by atoms with Gasteiger partial charge in [-0.3, -0.25) is 0 Å². The van der Waals surface area contributed by atoms with E-state index in [9.17, 15) is 4.39 Å². The van der Waals surface area contributed by atoms with Crippen LogP contribution in [-0.4, -0.2) is 22.7 Å². The van der Waals surface area contributed by atoms with Crippen LogP contribution in [0.25, 0.3) is 22.5 Å². The van der Waals surface area contributed by atoms with Crippen molar-refractivity contribution in [2.24, 2.45) is 0 Å². The number of unbranched alkanes of at least 4 members (excludes halogenated alkanes) is 11. The Bertz CT molecular complexity index is 1020. The van der Waals surface area contributed by atoms with Crippen molar-refractivity contribution in [2.45, 2.75) is 116 Å². The van der Waals surface area contributed by atoms with Gasteiger partial charge in [-0.2, -0.15) is 0 Å². The summed E-state index contributed by atoms with van der Waals surface area (Å²) in [5.74, 6) is 1.34. The van der Waals surface area contributed by atoms with E-state index in [1.807, 2.05) is 36.7 Å². The smallest absolute Gasteiger partial charge is 0.159 e. The van der Waals surface area contributed by atoms with E-state index >= 15 is 0 Å². The van der Waals surface area contributed by atoms with Crippen LogP contribution in [0.15, 0.2) is 60.9 Å². The summed E-state index contributed by atoms with van der Waals surface area (Å²) in [4.78, 5) is 9.17. The molecule has 1 atom stereocenters. The number of aryl methyl sites for hydroxylation is 1. The van der Waals surface area contributed by atoms with Crippen molar-refractivity contribution in [3.63, 3.8) is 0 Å². The van der Waals surface area contributed by atoms with Gasteiger partial charge in [0.15, 0.2) is 5.82 Å². The SMILES string of the molecule is CCCCCCCCCCCCc1ccc(-c2cnc(-c3ccc(OCC(F)CCCCC)cc3)nc2)cc1. The molecule has 1 aromatic heterocycles. The predicted molar refractivity (Wildman–Crippen MR) is 163 cm³/mol. The molecule has 0 amide bonds. The van der Waals surface area contributed by atoms with Crippen LogP contribution in [-0.2, 0) is 6.42 Å². The van der Waals surface area contributed by atoms with Gasteiger partial charge in [-0.25, -0.2) is 14.4 Å². The second-order valence-corrected chi connectivity index (χ2v) is 10.9. The Kier molecular flexibility index (Phi) is 14.6. The first-order valence-electron chi connectivity index (χ1n) is 15.5. The average molecular weight is 533 g/mol. The first-order chi connectivity index (χ1) is 19.2. The van der Waals surface area contributed by atoms with Gasteiger partial charge in [0.05, 0.1) is 0 Å². The van der Waals surface area contributed by atoms with Gasteiger partial charge in [0.2, 0.25) is 0 Å². The molecule has 0 aliphatic carbocycles. The molecule has 3 aromatic rings. The Hall–Kier alpha value is -2.75. The van der Waals surface area contributed by atoms with E-state index in [0.717, 1.165) is 42.4 Å². The zero-order valence-electron chi connectivity index (χ0n) is 24.3. The van der Waals surface area contributed by atoms with Crippen molar-refractivity contribution >= 4 is 0 Å². The second-order valence-electron chi connectivity index (χ2n) is 10.9. The zero-order valence-corrected chi connectivity index (χ0v) is 24.3. The lowest BCUT2D eigenvalue weighted by atomic mass is 10.0. The molecule has 39 heavy (non-hydrogen) atoms. The van der Waals surface area contributed by atoms with E-state index in [0.29, 0.717) is 18.0 Å². The summed E-state index contributed by atoms with van der Waals surface area (Å²) in [6, 6.07) is 16.4. The van der Waals surface area contributed by atoms with Crippen LogP contribution in [0.5, 0.6) is 5.75 Å². The van der Waals surface area contributed by atoms with Gasteiger partial charge in [-0.05, 0) is 54.7 Å². The van der Waals surface area contributed by atoms with E-state index < -0.39 is 6.17 Å². The number of benzene rings is 2. The van der Waals surface area contributed by atoms with Crippen molar-refractivity contribution < 1.29 is 9.13 Å². The Morgan fingerprint density at radius 1 is 0.615 bits per heavy atom. The Labute approximate surface area is 236 Å². The van der Waals surface area contributed by atoms with Crippen LogP contribution in [0.2, 0.25) is 0 Å². The van der Waals surface area contributed by atoms with Crippen molar-refractivity contribution in [3.8, 4) is 28.3 Å². The minimum absolute atomic E-state index is 0.103. The Morgan fingerprint density at radius 3 is 1.77 bits per heavy atom. The predicted octanol–water partition coefficient (Wildman–Crippen LogP) is 10.6. The number of hydrogen-bond donors (Lipinski definition) is 0. The topological polar surface area (TPSA) is 35.0 Å². The van der Waals surface area contributed by atoms with Gasteiger partial charge >= 0.3 is 0 Å². The summed E-state index contributed by atoms with van der Waals surface area (Å²) in [6.07, 6.45) is 21.4.